The number of ether oxygens (including phenoxy) is 1. The van der Waals surface area contributed by atoms with Gasteiger partial charge in [-0.05, 0) is 35.9 Å². The SMILES string of the molecule is COc1ccc(-c2[nH]c3ccccc3c2C[N+](CCO)=C2NCCN2)cc1. The third-order valence-corrected chi connectivity index (χ3v) is 4.94. The van der Waals surface area contributed by atoms with Gasteiger partial charge in [0.1, 0.15) is 5.75 Å². The van der Waals surface area contributed by atoms with E-state index in [4.69, 9.17) is 4.74 Å². The number of para-hydroxylation sites is 1. The number of guanidine groups is 1. The number of benzene rings is 2. The van der Waals surface area contributed by atoms with Crippen LogP contribution < -0.4 is 15.4 Å². The summed E-state index contributed by atoms with van der Waals surface area (Å²) in [6.07, 6.45) is 0. The van der Waals surface area contributed by atoms with Crippen molar-refractivity contribution in [1.29, 1.82) is 0 Å². The summed E-state index contributed by atoms with van der Waals surface area (Å²) in [5.74, 6) is 1.82. The predicted molar refractivity (Wildman–Crippen MR) is 107 cm³/mol. The zero-order chi connectivity index (χ0) is 18.6. The number of H-pyrrole nitrogens is 1. The number of hydrogen-bond acceptors (Lipinski definition) is 2. The second kappa shape index (κ2) is 7.72. The van der Waals surface area contributed by atoms with Crippen molar-refractivity contribution in [3.8, 4) is 17.0 Å². The maximum absolute atomic E-state index is 9.55. The molecule has 0 atom stereocenters. The zero-order valence-corrected chi connectivity index (χ0v) is 15.5. The molecule has 1 aromatic heterocycles. The minimum atomic E-state index is 0.104. The Balaban J connectivity index is 1.81. The van der Waals surface area contributed by atoms with Gasteiger partial charge in [-0.3, -0.25) is 15.2 Å². The highest BCUT2D eigenvalue weighted by Crippen LogP contribution is 2.31. The van der Waals surface area contributed by atoms with Crippen LogP contribution in [0.5, 0.6) is 5.75 Å². The van der Waals surface area contributed by atoms with E-state index in [1.54, 1.807) is 7.11 Å². The maximum Gasteiger partial charge on any atom is 0.346 e. The molecule has 0 spiro atoms. The number of hydrogen-bond donors (Lipinski definition) is 4. The summed E-state index contributed by atoms with van der Waals surface area (Å²) >= 11 is 0. The van der Waals surface area contributed by atoms with Gasteiger partial charge in [-0.15, -0.1) is 0 Å². The summed E-state index contributed by atoms with van der Waals surface area (Å²) in [5.41, 5.74) is 4.54. The molecular weight excluding hydrogens is 340 g/mol. The minimum absolute atomic E-state index is 0.104. The lowest BCUT2D eigenvalue weighted by Gasteiger charge is -2.12. The first-order chi connectivity index (χ1) is 13.3. The highest BCUT2D eigenvalue weighted by Gasteiger charge is 2.21. The van der Waals surface area contributed by atoms with Crippen LogP contribution in [0.15, 0.2) is 48.5 Å². The zero-order valence-electron chi connectivity index (χ0n) is 15.5. The molecule has 1 aliphatic rings. The molecule has 1 saturated heterocycles. The van der Waals surface area contributed by atoms with E-state index >= 15 is 0 Å². The van der Waals surface area contributed by atoms with Crippen LogP contribution in [-0.2, 0) is 6.54 Å². The quantitative estimate of drug-likeness (QED) is 0.504. The number of nitrogens with one attached hydrogen (secondary N) is 3. The van der Waals surface area contributed by atoms with Crippen LogP contribution in [0, 0.1) is 0 Å². The van der Waals surface area contributed by atoms with Crippen LogP contribution in [0.2, 0.25) is 0 Å². The van der Waals surface area contributed by atoms with E-state index in [1.807, 2.05) is 18.2 Å². The summed E-state index contributed by atoms with van der Waals surface area (Å²) in [5, 5.41) is 17.5. The monoisotopic (exact) mass is 365 g/mol. The highest BCUT2D eigenvalue weighted by atomic mass is 16.5. The largest absolute Gasteiger partial charge is 0.497 e. The Morgan fingerprint density at radius 2 is 1.78 bits per heavy atom. The van der Waals surface area contributed by atoms with Gasteiger partial charge in [-0.2, -0.15) is 0 Å². The first-order valence-electron chi connectivity index (χ1n) is 9.24. The molecule has 140 valence electrons. The normalized spacial score (nSPS) is 13.5. The summed E-state index contributed by atoms with van der Waals surface area (Å²) in [6, 6.07) is 16.4. The highest BCUT2D eigenvalue weighted by molar-refractivity contribution is 5.90. The first kappa shape index (κ1) is 17.4. The van der Waals surface area contributed by atoms with Gasteiger partial charge in [0.15, 0.2) is 0 Å². The molecule has 27 heavy (non-hydrogen) atoms. The summed E-state index contributed by atoms with van der Waals surface area (Å²) in [4.78, 5) is 3.58. The van der Waals surface area contributed by atoms with Gasteiger partial charge in [0.25, 0.3) is 0 Å². The second-order valence-electron chi connectivity index (χ2n) is 6.60. The second-order valence-corrected chi connectivity index (χ2v) is 6.60. The van der Waals surface area contributed by atoms with Crippen molar-refractivity contribution >= 4 is 16.9 Å². The van der Waals surface area contributed by atoms with Gasteiger partial charge in [0, 0.05) is 16.5 Å². The van der Waals surface area contributed by atoms with Crippen LogP contribution in [0.25, 0.3) is 22.2 Å². The molecule has 0 aliphatic carbocycles. The van der Waals surface area contributed by atoms with Crippen LogP contribution >= 0.6 is 0 Å². The smallest absolute Gasteiger partial charge is 0.346 e. The van der Waals surface area contributed by atoms with Gasteiger partial charge in [-0.25, -0.2) is 0 Å². The average molecular weight is 365 g/mol. The molecule has 3 aromatic rings. The number of aliphatic hydroxyl groups is 1. The number of methoxy groups -OCH3 is 1. The molecule has 0 radical (unpaired) electrons. The number of aromatic nitrogens is 1. The molecule has 6 nitrogen and oxygen atoms in total. The van der Waals surface area contributed by atoms with Gasteiger partial charge in [0.05, 0.1) is 45.6 Å². The number of aliphatic hydroxyl groups excluding tert-OH is 1. The Hall–Kier alpha value is -2.99. The fraction of sp³-hybridized carbons (Fsp3) is 0.286. The van der Waals surface area contributed by atoms with E-state index in [2.05, 4.69) is 50.5 Å². The van der Waals surface area contributed by atoms with Gasteiger partial charge < -0.3 is 14.8 Å². The molecule has 4 rings (SSSR count). The molecule has 0 bridgehead atoms. The summed E-state index contributed by atoms with van der Waals surface area (Å²) in [6.45, 7) is 3.16. The van der Waals surface area contributed by atoms with E-state index in [9.17, 15) is 5.11 Å². The van der Waals surface area contributed by atoms with Crippen molar-refractivity contribution in [2.75, 3.05) is 33.4 Å². The van der Waals surface area contributed by atoms with Crippen LogP contribution in [0.1, 0.15) is 5.56 Å². The van der Waals surface area contributed by atoms with Gasteiger partial charge in [-0.1, -0.05) is 18.2 Å². The van der Waals surface area contributed by atoms with Crippen LogP contribution in [-0.4, -0.2) is 54.0 Å². The van der Waals surface area contributed by atoms with Crippen molar-refractivity contribution in [2.45, 2.75) is 6.54 Å². The molecule has 1 aliphatic heterocycles. The lowest BCUT2D eigenvalue weighted by atomic mass is 10.0. The lowest BCUT2D eigenvalue weighted by molar-refractivity contribution is -0.548. The molecule has 0 unspecified atom stereocenters. The fourth-order valence-corrected chi connectivity index (χ4v) is 3.60. The topological polar surface area (TPSA) is 72.3 Å². The molecule has 0 amide bonds. The molecule has 2 aromatic carbocycles. The number of fused-ring (bicyclic) bond motifs is 1. The van der Waals surface area contributed by atoms with E-state index < -0.39 is 0 Å². The molecular formula is C21H25N4O2+. The molecule has 0 saturated carbocycles. The standard InChI is InChI=1S/C21H24N4O2/c1-27-16-8-6-15(7-9-16)20-18(17-4-2-3-5-19(17)24-20)14-25(12-13-26)21-22-10-11-23-21/h2-9,24,26H,10-14H2,1H3,(H,22,23)/p+1. The molecule has 1 fully saturated rings. The number of rotatable bonds is 6. The Kier molecular flexibility index (Phi) is 4.98. The number of aromatic amines is 1. The third kappa shape index (κ3) is 3.48. The molecule has 4 N–H and O–H groups in total. The fourth-order valence-electron chi connectivity index (χ4n) is 3.60. The van der Waals surface area contributed by atoms with E-state index in [0.717, 1.165) is 41.6 Å². The van der Waals surface area contributed by atoms with E-state index in [0.29, 0.717) is 13.1 Å². The Labute approximate surface area is 158 Å². The van der Waals surface area contributed by atoms with Gasteiger partial charge in [0.2, 0.25) is 0 Å². The van der Waals surface area contributed by atoms with E-state index in [1.165, 1.54) is 10.9 Å². The summed E-state index contributed by atoms with van der Waals surface area (Å²) < 4.78 is 7.45. The Morgan fingerprint density at radius 1 is 1.04 bits per heavy atom. The van der Waals surface area contributed by atoms with Crippen molar-refractivity contribution < 1.29 is 14.4 Å². The van der Waals surface area contributed by atoms with Crippen molar-refractivity contribution in [2.24, 2.45) is 0 Å². The molecule has 2 heterocycles. The van der Waals surface area contributed by atoms with E-state index in [-0.39, 0.29) is 6.61 Å². The lowest BCUT2D eigenvalue weighted by Crippen LogP contribution is -2.37. The maximum atomic E-state index is 9.55. The van der Waals surface area contributed by atoms with Crippen molar-refractivity contribution in [3.05, 3.63) is 54.1 Å². The minimum Gasteiger partial charge on any atom is -0.497 e. The molecule has 6 heteroatoms. The van der Waals surface area contributed by atoms with Crippen LogP contribution in [0.3, 0.4) is 0 Å². The first-order valence-corrected chi connectivity index (χ1v) is 9.24. The Bertz CT molecular complexity index is 952. The predicted octanol–water partition coefficient (Wildman–Crippen LogP) is 1.90. The third-order valence-electron chi connectivity index (χ3n) is 4.94. The summed E-state index contributed by atoms with van der Waals surface area (Å²) in [7, 11) is 1.68. The number of nitrogens with zero attached hydrogens (tertiary/aromatic N) is 1. The Morgan fingerprint density at radius 3 is 2.48 bits per heavy atom. The van der Waals surface area contributed by atoms with Crippen LogP contribution in [0.4, 0.5) is 0 Å². The average Bonchev–Trinajstić information content (AvgIpc) is 3.36. The van der Waals surface area contributed by atoms with Crippen molar-refractivity contribution in [3.63, 3.8) is 0 Å². The van der Waals surface area contributed by atoms with Gasteiger partial charge >= 0.3 is 5.96 Å². The van der Waals surface area contributed by atoms with Crippen molar-refractivity contribution in [1.82, 2.24) is 15.6 Å².